The van der Waals surface area contributed by atoms with Gasteiger partial charge in [0, 0.05) is 27.6 Å². The van der Waals surface area contributed by atoms with Gasteiger partial charge in [-0.3, -0.25) is 0 Å². The van der Waals surface area contributed by atoms with E-state index < -0.39 is 0 Å². The summed E-state index contributed by atoms with van der Waals surface area (Å²) in [6, 6.07) is 12.8. The first-order valence-corrected chi connectivity index (χ1v) is 7.16. The minimum atomic E-state index is -0.238. The second kappa shape index (κ2) is 6.51. The Kier molecular flexibility index (Phi) is 4.97. The predicted octanol–water partition coefficient (Wildman–Crippen LogP) is 5.09. The Morgan fingerprint density at radius 3 is 2.79 bits per heavy atom. The zero-order valence-electron chi connectivity index (χ0n) is 10.5. The summed E-state index contributed by atoms with van der Waals surface area (Å²) in [5.74, 6) is -0.238. The zero-order chi connectivity index (χ0) is 13.8. The number of nitrogens with one attached hydrogen (secondary N) is 1. The largest absolute Gasteiger partial charge is 0.306 e. The smallest absolute Gasteiger partial charge is 0.127 e. The van der Waals surface area contributed by atoms with Crippen LogP contribution < -0.4 is 5.32 Å². The summed E-state index contributed by atoms with van der Waals surface area (Å²) in [5, 5.41) is 3.84. The van der Waals surface area contributed by atoms with Gasteiger partial charge in [-0.15, -0.1) is 0 Å². The highest BCUT2D eigenvalue weighted by molar-refractivity contribution is 9.10. The SMILES string of the molecule is CC(NCc1cc(Cl)ccc1F)c1cccc(Br)c1. The third-order valence-corrected chi connectivity index (χ3v) is 3.68. The highest BCUT2D eigenvalue weighted by Gasteiger charge is 2.08. The van der Waals surface area contributed by atoms with Crippen molar-refractivity contribution >= 4 is 27.5 Å². The molecule has 0 saturated carbocycles. The fourth-order valence-corrected chi connectivity index (χ4v) is 2.45. The van der Waals surface area contributed by atoms with Crippen molar-refractivity contribution in [3.8, 4) is 0 Å². The van der Waals surface area contributed by atoms with Crippen molar-refractivity contribution < 1.29 is 4.39 Å². The van der Waals surface area contributed by atoms with Crippen molar-refractivity contribution in [1.82, 2.24) is 5.32 Å². The van der Waals surface area contributed by atoms with Gasteiger partial charge in [0.25, 0.3) is 0 Å². The minimum absolute atomic E-state index is 0.135. The van der Waals surface area contributed by atoms with Crippen molar-refractivity contribution in [3.05, 3.63) is 68.9 Å². The highest BCUT2D eigenvalue weighted by atomic mass is 79.9. The molecule has 0 aliphatic heterocycles. The van der Waals surface area contributed by atoms with Crippen LogP contribution in [-0.4, -0.2) is 0 Å². The average molecular weight is 343 g/mol. The quantitative estimate of drug-likeness (QED) is 0.816. The molecule has 2 aromatic rings. The number of rotatable bonds is 4. The molecule has 2 aromatic carbocycles. The molecule has 100 valence electrons. The van der Waals surface area contributed by atoms with Gasteiger partial charge in [0.1, 0.15) is 5.82 Å². The maximum atomic E-state index is 13.6. The van der Waals surface area contributed by atoms with Crippen LogP contribution in [0.3, 0.4) is 0 Å². The number of hydrogen-bond acceptors (Lipinski definition) is 1. The van der Waals surface area contributed by atoms with Gasteiger partial charge < -0.3 is 5.32 Å². The van der Waals surface area contributed by atoms with Crippen molar-refractivity contribution in [2.24, 2.45) is 0 Å². The molecule has 2 rings (SSSR count). The lowest BCUT2D eigenvalue weighted by Gasteiger charge is -2.15. The summed E-state index contributed by atoms with van der Waals surface area (Å²) in [6.45, 7) is 2.49. The van der Waals surface area contributed by atoms with Crippen LogP contribution in [-0.2, 0) is 6.54 Å². The predicted molar refractivity (Wildman–Crippen MR) is 80.8 cm³/mol. The highest BCUT2D eigenvalue weighted by Crippen LogP contribution is 2.19. The minimum Gasteiger partial charge on any atom is -0.306 e. The van der Waals surface area contributed by atoms with E-state index in [0.717, 1.165) is 10.0 Å². The van der Waals surface area contributed by atoms with Crippen LogP contribution in [0, 0.1) is 5.82 Å². The third kappa shape index (κ3) is 4.03. The maximum Gasteiger partial charge on any atom is 0.127 e. The van der Waals surface area contributed by atoms with Gasteiger partial charge in [-0.25, -0.2) is 4.39 Å². The molecule has 0 radical (unpaired) electrons. The molecule has 0 aromatic heterocycles. The van der Waals surface area contributed by atoms with E-state index in [4.69, 9.17) is 11.6 Å². The second-order valence-electron chi connectivity index (χ2n) is 4.39. The van der Waals surface area contributed by atoms with Crippen LogP contribution in [0.5, 0.6) is 0 Å². The van der Waals surface area contributed by atoms with Crippen LogP contribution in [0.2, 0.25) is 5.02 Å². The molecule has 0 spiro atoms. The maximum absolute atomic E-state index is 13.6. The summed E-state index contributed by atoms with van der Waals surface area (Å²) < 4.78 is 14.6. The van der Waals surface area contributed by atoms with E-state index in [1.165, 1.54) is 6.07 Å². The molecule has 0 aliphatic carbocycles. The van der Waals surface area contributed by atoms with Gasteiger partial charge in [0.05, 0.1) is 0 Å². The van der Waals surface area contributed by atoms with E-state index in [-0.39, 0.29) is 11.9 Å². The summed E-state index contributed by atoms with van der Waals surface area (Å²) in [6.07, 6.45) is 0. The van der Waals surface area contributed by atoms with Gasteiger partial charge >= 0.3 is 0 Å². The molecular formula is C15H14BrClFN. The Balaban J connectivity index is 2.04. The molecule has 1 unspecified atom stereocenters. The van der Waals surface area contributed by atoms with Crippen LogP contribution >= 0.6 is 27.5 Å². The Morgan fingerprint density at radius 2 is 2.05 bits per heavy atom. The zero-order valence-corrected chi connectivity index (χ0v) is 12.8. The Labute approximate surface area is 125 Å². The molecule has 0 fully saturated rings. The van der Waals surface area contributed by atoms with E-state index in [2.05, 4.69) is 21.2 Å². The molecule has 1 atom stereocenters. The molecule has 0 heterocycles. The van der Waals surface area contributed by atoms with Crippen molar-refractivity contribution in [2.45, 2.75) is 19.5 Å². The molecule has 0 amide bonds. The molecule has 1 nitrogen and oxygen atoms in total. The van der Waals surface area contributed by atoms with E-state index in [1.807, 2.05) is 31.2 Å². The molecule has 0 bridgehead atoms. The van der Waals surface area contributed by atoms with Crippen molar-refractivity contribution in [1.29, 1.82) is 0 Å². The fraction of sp³-hybridized carbons (Fsp3) is 0.200. The lowest BCUT2D eigenvalue weighted by molar-refractivity contribution is 0.544. The molecule has 0 saturated heterocycles. The van der Waals surface area contributed by atoms with Crippen LogP contribution in [0.25, 0.3) is 0 Å². The van der Waals surface area contributed by atoms with Gasteiger partial charge in [-0.05, 0) is 42.8 Å². The topological polar surface area (TPSA) is 12.0 Å². The van der Waals surface area contributed by atoms with E-state index in [0.29, 0.717) is 17.1 Å². The summed E-state index contributed by atoms with van der Waals surface area (Å²) in [7, 11) is 0. The van der Waals surface area contributed by atoms with Crippen molar-refractivity contribution in [3.63, 3.8) is 0 Å². The summed E-state index contributed by atoms with van der Waals surface area (Å²) >= 11 is 9.31. The van der Waals surface area contributed by atoms with Crippen LogP contribution in [0.15, 0.2) is 46.9 Å². The van der Waals surface area contributed by atoms with E-state index in [1.54, 1.807) is 12.1 Å². The Hall–Kier alpha value is -0.900. The lowest BCUT2D eigenvalue weighted by atomic mass is 10.1. The molecule has 4 heteroatoms. The average Bonchev–Trinajstić information content (AvgIpc) is 2.39. The molecule has 1 N–H and O–H groups in total. The van der Waals surface area contributed by atoms with Crippen LogP contribution in [0.4, 0.5) is 4.39 Å². The number of benzene rings is 2. The first-order chi connectivity index (χ1) is 9.06. The standard InChI is InChI=1S/C15H14BrClFN/c1-10(11-3-2-4-13(16)7-11)19-9-12-8-14(17)5-6-15(12)18/h2-8,10,19H,9H2,1H3. The number of halogens is 3. The van der Waals surface area contributed by atoms with Crippen molar-refractivity contribution in [2.75, 3.05) is 0 Å². The van der Waals surface area contributed by atoms with E-state index in [9.17, 15) is 4.39 Å². The number of hydrogen-bond donors (Lipinski definition) is 1. The first-order valence-electron chi connectivity index (χ1n) is 5.99. The normalized spacial score (nSPS) is 12.4. The summed E-state index contributed by atoms with van der Waals surface area (Å²) in [5.41, 5.74) is 1.73. The second-order valence-corrected chi connectivity index (χ2v) is 5.75. The van der Waals surface area contributed by atoms with E-state index >= 15 is 0 Å². The van der Waals surface area contributed by atoms with Gasteiger partial charge in [-0.1, -0.05) is 39.7 Å². The monoisotopic (exact) mass is 341 g/mol. The van der Waals surface area contributed by atoms with Gasteiger partial charge in [0.15, 0.2) is 0 Å². The van der Waals surface area contributed by atoms with Gasteiger partial charge in [-0.2, -0.15) is 0 Å². The first kappa shape index (κ1) is 14.5. The Bertz CT molecular complexity index is 574. The lowest BCUT2D eigenvalue weighted by Crippen LogP contribution is -2.18. The summed E-state index contributed by atoms with van der Waals surface area (Å²) in [4.78, 5) is 0. The fourth-order valence-electron chi connectivity index (χ4n) is 1.84. The third-order valence-electron chi connectivity index (χ3n) is 2.96. The molecule has 0 aliphatic rings. The molecule has 19 heavy (non-hydrogen) atoms. The molecular weight excluding hydrogens is 329 g/mol. The van der Waals surface area contributed by atoms with Gasteiger partial charge in [0.2, 0.25) is 0 Å². The Morgan fingerprint density at radius 1 is 1.26 bits per heavy atom. The van der Waals surface area contributed by atoms with Crippen LogP contribution in [0.1, 0.15) is 24.1 Å².